The summed E-state index contributed by atoms with van der Waals surface area (Å²) in [4.78, 5) is 12.5. The van der Waals surface area contributed by atoms with Crippen molar-refractivity contribution in [1.29, 1.82) is 0 Å². The summed E-state index contributed by atoms with van der Waals surface area (Å²) in [7, 11) is -0.918. The second kappa shape index (κ2) is 5.38. The van der Waals surface area contributed by atoms with E-state index in [0.717, 1.165) is 27.7 Å². The summed E-state index contributed by atoms with van der Waals surface area (Å²) in [5, 5.41) is 10.0. The third-order valence-corrected chi connectivity index (χ3v) is 4.25. The molecule has 0 unspecified atom stereocenters. The van der Waals surface area contributed by atoms with E-state index in [1.165, 1.54) is 0 Å². The molecule has 0 amide bonds. The van der Waals surface area contributed by atoms with Gasteiger partial charge in [-0.15, -0.1) is 0 Å². The Labute approximate surface area is 131 Å². The van der Waals surface area contributed by atoms with E-state index in [9.17, 15) is 9.82 Å². The van der Waals surface area contributed by atoms with Crippen molar-refractivity contribution in [1.82, 2.24) is 0 Å². The van der Waals surface area contributed by atoms with Crippen LogP contribution >= 0.6 is 0 Å². The van der Waals surface area contributed by atoms with Crippen LogP contribution in [0.2, 0.25) is 0 Å². The number of hydrogen-bond donors (Lipinski definition) is 1. The van der Waals surface area contributed by atoms with Gasteiger partial charge in [-0.25, -0.2) is 0 Å². The largest absolute Gasteiger partial charge is 0.492 e. The van der Waals surface area contributed by atoms with Crippen molar-refractivity contribution in [2.45, 2.75) is 32.8 Å². The highest BCUT2D eigenvalue weighted by molar-refractivity contribution is 6.62. The first-order valence-electron chi connectivity index (χ1n) is 7.46. The molecular weight excluding hydrogens is 275 g/mol. The fraction of sp³-hybridized carbons (Fsp3) is 0.278. The highest BCUT2D eigenvalue weighted by Crippen LogP contribution is 2.30. The smallest absolute Gasteiger partial charge is 0.423 e. The molecule has 0 aliphatic carbocycles. The Hall–Kier alpha value is -1.91. The van der Waals surface area contributed by atoms with Crippen LogP contribution in [0.5, 0.6) is 0 Å². The van der Waals surface area contributed by atoms with Crippen LogP contribution in [0.25, 0.3) is 0 Å². The van der Waals surface area contributed by atoms with Crippen LogP contribution in [0.1, 0.15) is 40.9 Å². The van der Waals surface area contributed by atoms with Gasteiger partial charge in [0.2, 0.25) is 0 Å². The number of rotatable bonds is 3. The van der Waals surface area contributed by atoms with Crippen molar-refractivity contribution < 1.29 is 14.5 Å². The molecule has 0 fully saturated rings. The average molecular weight is 294 g/mol. The molecule has 0 atom stereocenters. The summed E-state index contributed by atoms with van der Waals surface area (Å²) in [6.07, 6.45) is 0.325. The SMILES string of the molecule is Cc1ccccc1C(=O)Cc1ccc2c(c1)B(O)OC2(C)C. The minimum Gasteiger partial charge on any atom is -0.423 e. The Morgan fingerprint density at radius 3 is 2.68 bits per heavy atom. The molecule has 3 rings (SSSR count). The normalized spacial score (nSPS) is 15.7. The van der Waals surface area contributed by atoms with Crippen LogP contribution < -0.4 is 5.46 Å². The van der Waals surface area contributed by atoms with E-state index in [0.29, 0.717) is 6.42 Å². The minimum absolute atomic E-state index is 0.0886. The minimum atomic E-state index is -0.918. The van der Waals surface area contributed by atoms with Gasteiger partial charge in [-0.2, -0.15) is 0 Å². The third kappa shape index (κ3) is 2.60. The summed E-state index contributed by atoms with van der Waals surface area (Å²) in [5.41, 5.74) is 3.88. The molecule has 1 heterocycles. The summed E-state index contributed by atoms with van der Waals surface area (Å²) in [5.74, 6) is 0.0886. The average Bonchev–Trinajstić information content (AvgIpc) is 2.69. The van der Waals surface area contributed by atoms with Gasteiger partial charge in [0.15, 0.2) is 5.78 Å². The van der Waals surface area contributed by atoms with Crippen molar-refractivity contribution in [2.75, 3.05) is 0 Å². The highest BCUT2D eigenvalue weighted by atomic mass is 16.5. The van der Waals surface area contributed by atoms with Gasteiger partial charge in [-0.3, -0.25) is 4.79 Å². The zero-order valence-electron chi connectivity index (χ0n) is 13.1. The topological polar surface area (TPSA) is 46.5 Å². The van der Waals surface area contributed by atoms with Gasteiger partial charge in [-0.1, -0.05) is 42.5 Å². The van der Waals surface area contributed by atoms with Crippen LogP contribution in [-0.4, -0.2) is 17.9 Å². The van der Waals surface area contributed by atoms with E-state index in [1.807, 2.05) is 63.2 Å². The molecule has 0 radical (unpaired) electrons. The third-order valence-electron chi connectivity index (χ3n) is 4.25. The second-order valence-corrected chi connectivity index (χ2v) is 6.32. The molecule has 1 aliphatic rings. The molecule has 1 aliphatic heterocycles. The quantitative estimate of drug-likeness (QED) is 0.698. The van der Waals surface area contributed by atoms with Crippen molar-refractivity contribution in [3.05, 3.63) is 64.7 Å². The van der Waals surface area contributed by atoms with Crippen LogP contribution in [0, 0.1) is 6.92 Å². The molecule has 1 N–H and O–H groups in total. The molecule has 2 aromatic rings. The lowest BCUT2D eigenvalue weighted by Gasteiger charge is -2.19. The summed E-state index contributed by atoms with van der Waals surface area (Å²) in [6, 6.07) is 13.4. The second-order valence-electron chi connectivity index (χ2n) is 6.32. The van der Waals surface area contributed by atoms with E-state index < -0.39 is 12.7 Å². The zero-order chi connectivity index (χ0) is 15.9. The number of benzene rings is 2. The first kappa shape index (κ1) is 15.0. The van der Waals surface area contributed by atoms with Crippen LogP contribution in [-0.2, 0) is 16.7 Å². The van der Waals surface area contributed by atoms with Crippen LogP contribution in [0.3, 0.4) is 0 Å². The molecule has 0 saturated carbocycles. The van der Waals surface area contributed by atoms with E-state index in [4.69, 9.17) is 4.65 Å². The number of hydrogen-bond acceptors (Lipinski definition) is 3. The van der Waals surface area contributed by atoms with E-state index in [2.05, 4.69) is 0 Å². The standard InChI is InChI=1S/C18H19BO3/c1-12-6-4-5-7-14(12)17(20)11-13-8-9-15-16(10-13)19(21)22-18(15,2)3/h4-10,21H,11H2,1-3H3. The summed E-state index contributed by atoms with van der Waals surface area (Å²) < 4.78 is 5.55. The molecule has 0 saturated heterocycles. The number of carbonyl (C=O) groups excluding carboxylic acids is 1. The predicted octanol–water partition coefficient (Wildman–Crippen LogP) is 2.37. The first-order valence-corrected chi connectivity index (χ1v) is 7.46. The van der Waals surface area contributed by atoms with E-state index in [1.54, 1.807) is 0 Å². The fourth-order valence-corrected chi connectivity index (χ4v) is 3.05. The van der Waals surface area contributed by atoms with Crippen LogP contribution in [0.4, 0.5) is 0 Å². The van der Waals surface area contributed by atoms with Gasteiger partial charge in [0, 0.05) is 12.0 Å². The maximum Gasteiger partial charge on any atom is 0.492 e. The monoisotopic (exact) mass is 294 g/mol. The first-order chi connectivity index (χ1) is 10.4. The van der Waals surface area contributed by atoms with Gasteiger partial charge in [0.25, 0.3) is 0 Å². The van der Waals surface area contributed by atoms with Gasteiger partial charge in [0.1, 0.15) is 0 Å². The molecule has 0 bridgehead atoms. The zero-order valence-corrected chi connectivity index (χ0v) is 13.1. The maximum atomic E-state index is 12.5. The lowest BCUT2D eigenvalue weighted by atomic mass is 9.77. The Bertz CT molecular complexity index is 737. The molecule has 4 heteroatoms. The number of fused-ring (bicyclic) bond motifs is 1. The van der Waals surface area contributed by atoms with Gasteiger partial charge >= 0.3 is 7.12 Å². The molecule has 22 heavy (non-hydrogen) atoms. The molecule has 0 aromatic heterocycles. The van der Waals surface area contributed by atoms with E-state index >= 15 is 0 Å². The Morgan fingerprint density at radius 2 is 1.95 bits per heavy atom. The lowest BCUT2D eigenvalue weighted by Crippen LogP contribution is -2.29. The molecule has 0 spiro atoms. The molecule has 112 valence electrons. The Morgan fingerprint density at radius 1 is 1.23 bits per heavy atom. The summed E-state index contributed by atoms with van der Waals surface area (Å²) in [6.45, 7) is 5.80. The maximum absolute atomic E-state index is 12.5. The Kier molecular flexibility index (Phi) is 3.67. The number of ketones is 1. The molecular formula is C18H19BO3. The van der Waals surface area contributed by atoms with Gasteiger partial charge < -0.3 is 9.68 Å². The number of aryl methyl sites for hydroxylation is 1. The van der Waals surface area contributed by atoms with Gasteiger partial charge in [-0.05, 0) is 42.9 Å². The Balaban J connectivity index is 1.88. The summed E-state index contributed by atoms with van der Waals surface area (Å²) >= 11 is 0. The molecule has 2 aromatic carbocycles. The van der Waals surface area contributed by atoms with Crippen molar-refractivity contribution in [2.24, 2.45) is 0 Å². The van der Waals surface area contributed by atoms with Crippen LogP contribution in [0.15, 0.2) is 42.5 Å². The van der Waals surface area contributed by atoms with Crippen molar-refractivity contribution in [3.63, 3.8) is 0 Å². The van der Waals surface area contributed by atoms with Crippen molar-refractivity contribution >= 4 is 18.4 Å². The van der Waals surface area contributed by atoms with Gasteiger partial charge in [0.05, 0.1) is 5.60 Å². The number of Topliss-reactive ketones (excluding diaryl/α,β-unsaturated/α-hetero) is 1. The molecule has 3 nitrogen and oxygen atoms in total. The highest BCUT2D eigenvalue weighted by Gasteiger charge is 2.40. The lowest BCUT2D eigenvalue weighted by molar-refractivity contribution is 0.0990. The fourth-order valence-electron chi connectivity index (χ4n) is 3.05. The predicted molar refractivity (Wildman–Crippen MR) is 87.4 cm³/mol. The van der Waals surface area contributed by atoms with Crippen molar-refractivity contribution in [3.8, 4) is 0 Å². The number of carbonyl (C=O) groups is 1. The van der Waals surface area contributed by atoms with E-state index in [-0.39, 0.29) is 5.78 Å².